The van der Waals surface area contributed by atoms with E-state index in [2.05, 4.69) is 5.32 Å². The van der Waals surface area contributed by atoms with E-state index < -0.39 is 0 Å². The molecule has 2 rings (SSSR count). The number of carbonyl (C=O) groups excluding carboxylic acids is 1. The van der Waals surface area contributed by atoms with Gasteiger partial charge in [-0.1, -0.05) is 18.2 Å². The zero-order valence-corrected chi connectivity index (χ0v) is 10.1. The summed E-state index contributed by atoms with van der Waals surface area (Å²) in [6.45, 7) is 1.44. The molecule has 0 amide bonds. The Morgan fingerprint density at radius 2 is 2.06 bits per heavy atom. The Hall–Kier alpha value is -1.55. The van der Waals surface area contributed by atoms with Crippen molar-refractivity contribution in [3.05, 3.63) is 29.8 Å². The summed E-state index contributed by atoms with van der Waals surface area (Å²) >= 11 is 0. The lowest BCUT2D eigenvalue weighted by molar-refractivity contribution is -0.145. The zero-order valence-electron chi connectivity index (χ0n) is 10.1. The Balaban J connectivity index is 2.29. The van der Waals surface area contributed by atoms with Crippen LogP contribution in [0.3, 0.4) is 0 Å². The number of benzene rings is 1. The first-order chi connectivity index (χ1) is 8.27. The molecule has 1 aliphatic heterocycles. The topological polar surface area (TPSA) is 47.6 Å². The first-order valence-electron chi connectivity index (χ1n) is 5.69. The fraction of sp³-hybridized carbons (Fsp3) is 0.462. The molecule has 1 heterocycles. The molecule has 4 nitrogen and oxygen atoms in total. The second-order valence-electron chi connectivity index (χ2n) is 4.14. The molecule has 0 bridgehead atoms. The molecule has 4 heteroatoms. The Morgan fingerprint density at radius 3 is 2.76 bits per heavy atom. The van der Waals surface area contributed by atoms with Crippen LogP contribution in [0.5, 0.6) is 5.75 Å². The van der Waals surface area contributed by atoms with Gasteiger partial charge in [0.2, 0.25) is 0 Å². The van der Waals surface area contributed by atoms with Gasteiger partial charge < -0.3 is 14.8 Å². The lowest BCUT2D eigenvalue weighted by atomic mass is 9.88. The number of hydrogen-bond acceptors (Lipinski definition) is 4. The van der Waals surface area contributed by atoms with Gasteiger partial charge in [0.1, 0.15) is 5.75 Å². The maximum Gasteiger partial charge on any atom is 0.310 e. The summed E-state index contributed by atoms with van der Waals surface area (Å²) in [5.74, 6) is 0.663. The fourth-order valence-electron chi connectivity index (χ4n) is 2.38. The average Bonchev–Trinajstić information content (AvgIpc) is 2.86. The molecule has 1 N–H and O–H groups in total. The van der Waals surface area contributed by atoms with Gasteiger partial charge in [-0.05, 0) is 11.6 Å². The molecule has 1 aromatic carbocycles. The standard InChI is InChI=1S/C13H17NO3/c1-16-12-6-4-3-5-9(12)10-7-14-8-11(10)13(15)17-2/h3-6,10-11,14H,7-8H2,1-2H3/t10-,11+/m1/s1. The minimum Gasteiger partial charge on any atom is -0.496 e. The van der Waals surface area contributed by atoms with Crippen LogP contribution in [0, 0.1) is 5.92 Å². The highest BCUT2D eigenvalue weighted by molar-refractivity contribution is 5.74. The predicted molar refractivity (Wildman–Crippen MR) is 64.1 cm³/mol. The summed E-state index contributed by atoms with van der Waals surface area (Å²) in [5, 5.41) is 3.23. The number of nitrogens with one attached hydrogen (secondary N) is 1. The van der Waals surface area contributed by atoms with Crippen molar-refractivity contribution in [2.75, 3.05) is 27.3 Å². The van der Waals surface area contributed by atoms with Gasteiger partial charge in [-0.3, -0.25) is 4.79 Å². The van der Waals surface area contributed by atoms with E-state index in [9.17, 15) is 4.79 Å². The molecule has 1 aliphatic rings. The van der Waals surface area contributed by atoms with Gasteiger partial charge in [0.25, 0.3) is 0 Å². The summed E-state index contributed by atoms with van der Waals surface area (Å²) in [4.78, 5) is 11.7. The van der Waals surface area contributed by atoms with E-state index in [1.165, 1.54) is 7.11 Å². The van der Waals surface area contributed by atoms with Gasteiger partial charge in [-0.15, -0.1) is 0 Å². The normalized spacial score (nSPS) is 23.4. The van der Waals surface area contributed by atoms with Crippen molar-refractivity contribution in [1.29, 1.82) is 0 Å². The number of esters is 1. The molecule has 1 fully saturated rings. The van der Waals surface area contributed by atoms with Gasteiger partial charge in [-0.25, -0.2) is 0 Å². The second kappa shape index (κ2) is 5.19. The van der Waals surface area contributed by atoms with Crippen LogP contribution in [0.4, 0.5) is 0 Å². The van der Waals surface area contributed by atoms with Gasteiger partial charge in [0.15, 0.2) is 0 Å². The quantitative estimate of drug-likeness (QED) is 0.799. The molecular weight excluding hydrogens is 218 g/mol. The van der Waals surface area contributed by atoms with E-state index in [1.807, 2.05) is 24.3 Å². The number of hydrogen-bond donors (Lipinski definition) is 1. The minimum absolute atomic E-state index is 0.124. The fourth-order valence-corrected chi connectivity index (χ4v) is 2.38. The smallest absolute Gasteiger partial charge is 0.310 e. The maximum absolute atomic E-state index is 11.7. The van der Waals surface area contributed by atoms with E-state index in [-0.39, 0.29) is 17.8 Å². The van der Waals surface area contributed by atoms with Crippen LogP contribution >= 0.6 is 0 Å². The molecule has 0 aliphatic carbocycles. The molecule has 0 radical (unpaired) electrons. The van der Waals surface area contributed by atoms with Crippen molar-refractivity contribution in [3.8, 4) is 5.75 Å². The highest BCUT2D eigenvalue weighted by Crippen LogP contribution is 2.34. The first-order valence-corrected chi connectivity index (χ1v) is 5.69. The number of rotatable bonds is 3. The number of para-hydroxylation sites is 1. The van der Waals surface area contributed by atoms with Gasteiger partial charge in [0.05, 0.1) is 20.1 Å². The third-order valence-corrected chi connectivity index (χ3v) is 3.26. The molecule has 0 spiro atoms. The van der Waals surface area contributed by atoms with Crippen molar-refractivity contribution in [3.63, 3.8) is 0 Å². The Kier molecular flexibility index (Phi) is 3.64. The summed E-state index contributed by atoms with van der Waals surface area (Å²) in [5.41, 5.74) is 1.07. The number of methoxy groups -OCH3 is 2. The van der Waals surface area contributed by atoms with Crippen molar-refractivity contribution in [1.82, 2.24) is 5.32 Å². The van der Waals surface area contributed by atoms with E-state index >= 15 is 0 Å². The van der Waals surface area contributed by atoms with Crippen molar-refractivity contribution in [2.45, 2.75) is 5.92 Å². The largest absolute Gasteiger partial charge is 0.496 e. The first kappa shape index (κ1) is 11.9. The van der Waals surface area contributed by atoms with Crippen LogP contribution < -0.4 is 10.1 Å². The van der Waals surface area contributed by atoms with Crippen molar-refractivity contribution in [2.24, 2.45) is 5.92 Å². The van der Waals surface area contributed by atoms with E-state index in [0.29, 0.717) is 6.54 Å². The molecule has 0 saturated carbocycles. The summed E-state index contributed by atoms with van der Waals surface area (Å²) in [6, 6.07) is 7.82. The predicted octanol–water partition coefficient (Wildman–Crippen LogP) is 1.17. The maximum atomic E-state index is 11.7. The van der Waals surface area contributed by atoms with E-state index in [0.717, 1.165) is 17.9 Å². The summed E-state index contributed by atoms with van der Waals surface area (Å²) < 4.78 is 10.2. The monoisotopic (exact) mass is 235 g/mol. The second-order valence-corrected chi connectivity index (χ2v) is 4.14. The van der Waals surface area contributed by atoms with Crippen LogP contribution in [0.1, 0.15) is 11.5 Å². The molecule has 92 valence electrons. The number of ether oxygens (including phenoxy) is 2. The molecule has 1 aromatic rings. The average molecular weight is 235 g/mol. The highest BCUT2D eigenvalue weighted by Gasteiger charge is 2.36. The molecular formula is C13H17NO3. The van der Waals surface area contributed by atoms with Crippen LogP contribution in [0.2, 0.25) is 0 Å². The Morgan fingerprint density at radius 1 is 1.29 bits per heavy atom. The molecule has 0 unspecified atom stereocenters. The van der Waals surface area contributed by atoms with Crippen molar-refractivity contribution >= 4 is 5.97 Å². The van der Waals surface area contributed by atoms with Gasteiger partial charge in [-0.2, -0.15) is 0 Å². The molecule has 2 atom stereocenters. The highest BCUT2D eigenvalue weighted by atomic mass is 16.5. The van der Waals surface area contributed by atoms with Crippen LogP contribution in [0.25, 0.3) is 0 Å². The van der Waals surface area contributed by atoms with Crippen molar-refractivity contribution < 1.29 is 14.3 Å². The zero-order chi connectivity index (χ0) is 12.3. The van der Waals surface area contributed by atoms with Gasteiger partial charge in [0, 0.05) is 19.0 Å². The van der Waals surface area contributed by atoms with Crippen LogP contribution in [0.15, 0.2) is 24.3 Å². The third kappa shape index (κ3) is 2.26. The summed E-state index contributed by atoms with van der Waals surface area (Å²) in [7, 11) is 3.08. The molecule has 1 saturated heterocycles. The summed E-state index contributed by atoms with van der Waals surface area (Å²) in [6.07, 6.45) is 0. The molecule has 0 aromatic heterocycles. The van der Waals surface area contributed by atoms with E-state index in [4.69, 9.17) is 9.47 Å². The lowest BCUT2D eigenvalue weighted by Crippen LogP contribution is -2.23. The SMILES string of the molecule is COC(=O)[C@H]1CNC[C@@H]1c1ccccc1OC. The Labute approximate surface area is 101 Å². The minimum atomic E-state index is -0.161. The Bertz CT molecular complexity index is 405. The van der Waals surface area contributed by atoms with Crippen LogP contribution in [-0.4, -0.2) is 33.3 Å². The lowest BCUT2D eigenvalue weighted by Gasteiger charge is -2.19. The third-order valence-electron chi connectivity index (χ3n) is 3.26. The van der Waals surface area contributed by atoms with Crippen LogP contribution in [-0.2, 0) is 9.53 Å². The molecule has 17 heavy (non-hydrogen) atoms. The van der Waals surface area contributed by atoms with E-state index in [1.54, 1.807) is 7.11 Å². The number of carbonyl (C=O) groups is 1. The van der Waals surface area contributed by atoms with Gasteiger partial charge >= 0.3 is 5.97 Å².